The smallest absolute Gasteiger partial charge is 0.339 e. The molecular weight excluding hydrogens is 292 g/mol. The third-order valence-corrected chi connectivity index (χ3v) is 4.90. The number of nitrogens with zero attached hydrogens (tertiary/aromatic N) is 1. The van der Waals surface area contributed by atoms with E-state index in [0.29, 0.717) is 29.2 Å². The average Bonchev–Trinajstić information content (AvgIpc) is 2.77. The van der Waals surface area contributed by atoms with Gasteiger partial charge in [0.15, 0.2) is 0 Å². The first kappa shape index (κ1) is 17.6. The minimum Gasteiger partial charge on any atom is -0.465 e. The number of esters is 1. The minimum atomic E-state index is -0.382. The summed E-state index contributed by atoms with van der Waals surface area (Å²) in [5.41, 5.74) is 2.51. The molecule has 0 bridgehead atoms. The Labute approximate surface area is 138 Å². The van der Waals surface area contributed by atoms with Crippen LogP contribution in [0.15, 0.2) is 0 Å². The zero-order valence-electron chi connectivity index (χ0n) is 14.9. The second-order valence-electron chi connectivity index (χ2n) is 6.67. The summed E-state index contributed by atoms with van der Waals surface area (Å²) in [6.45, 7) is 8.85. The largest absolute Gasteiger partial charge is 0.465 e. The number of methoxy groups -OCH3 is 1. The Bertz CT molecular complexity index is 591. The van der Waals surface area contributed by atoms with Crippen LogP contribution in [0.5, 0.6) is 0 Å². The lowest BCUT2D eigenvalue weighted by molar-refractivity contribution is 0.0599. The molecule has 1 aromatic rings. The normalized spacial score (nSPS) is 21.9. The lowest BCUT2D eigenvalue weighted by Crippen LogP contribution is -2.40. The fourth-order valence-electron chi connectivity index (χ4n) is 3.47. The summed E-state index contributed by atoms with van der Waals surface area (Å²) in [7, 11) is 1.37. The molecule has 1 aromatic heterocycles. The number of hydrogen-bond acceptors (Lipinski definition) is 3. The van der Waals surface area contributed by atoms with Crippen molar-refractivity contribution in [2.75, 3.05) is 13.7 Å². The van der Waals surface area contributed by atoms with Crippen LogP contribution in [-0.4, -0.2) is 41.5 Å². The van der Waals surface area contributed by atoms with E-state index >= 15 is 0 Å². The lowest BCUT2D eigenvalue weighted by atomic mass is 10.1. The van der Waals surface area contributed by atoms with Crippen molar-refractivity contribution in [2.24, 2.45) is 5.92 Å². The summed E-state index contributed by atoms with van der Waals surface area (Å²) in [5, 5.41) is 0. The number of likely N-dealkylation sites (tertiary alicyclic amines) is 1. The van der Waals surface area contributed by atoms with E-state index in [2.05, 4.69) is 18.8 Å². The van der Waals surface area contributed by atoms with Gasteiger partial charge in [-0.05, 0) is 44.6 Å². The number of carbonyl (C=O) groups is 2. The molecule has 0 aromatic carbocycles. The third-order valence-electron chi connectivity index (χ3n) is 4.90. The van der Waals surface area contributed by atoms with Crippen molar-refractivity contribution in [1.29, 1.82) is 0 Å². The van der Waals surface area contributed by atoms with Crippen molar-refractivity contribution in [3.05, 3.63) is 22.5 Å². The quantitative estimate of drug-likeness (QED) is 0.869. The number of amides is 1. The molecule has 1 fully saturated rings. The van der Waals surface area contributed by atoms with Gasteiger partial charge in [-0.15, -0.1) is 0 Å². The zero-order valence-corrected chi connectivity index (χ0v) is 14.9. The fraction of sp³-hybridized carbons (Fsp3) is 0.667. The molecule has 1 aliphatic rings. The molecule has 128 valence electrons. The highest BCUT2D eigenvalue weighted by Gasteiger charge is 2.30. The summed E-state index contributed by atoms with van der Waals surface area (Å²) >= 11 is 0. The molecule has 2 rings (SSSR count). The van der Waals surface area contributed by atoms with Gasteiger partial charge in [-0.1, -0.05) is 20.3 Å². The van der Waals surface area contributed by atoms with Crippen molar-refractivity contribution in [3.8, 4) is 0 Å². The van der Waals surface area contributed by atoms with Crippen LogP contribution < -0.4 is 0 Å². The summed E-state index contributed by atoms with van der Waals surface area (Å²) < 4.78 is 4.87. The minimum absolute atomic E-state index is 0.00592. The van der Waals surface area contributed by atoms with Crippen LogP contribution >= 0.6 is 0 Å². The molecule has 0 spiro atoms. The lowest BCUT2D eigenvalue weighted by Gasteiger charge is -2.28. The number of aromatic amines is 1. The SMILES string of the molecule is CCc1[nH]c(C(=O)N2CC(C)CCCC2C)c(C)c1C(=O)OC. The van der Waals surface area contributed by atoms with E-state index in [0.717, 1.165) is 31.5 Å². The molecule has 0 aliphatic carbocycles. The molecule has 1 aliphatic heterocycles. The Morgan fingerprint density at radius 2 is 2.00 bits per heavy atom. The van der Waals surface area contributed by atoms with E-state index in [4.69, 9.17) is 4.74 Å². The van der Waals surface area contributed by atoms with Gasteiger partial charge in [-0.3, -0.25) is 4.79 Å². The van der Waals surface area contributed by atoms with Gasteiger partial charge in [-0.2, -0.15) is 0 Å². The number of rotatable bonds is 3. The molecule has 1 N–H and O–H groups in total. The standard InChI is InChI=1S/C18H28N2O3/c1-6-14-15(18(22)23-5)13(4)16(19-14)17(21)20-10-11(2)8-7-9-12(20)3/h11-12,19H,6-10H2,1-5H3. The van der Waals surface area contributed by atoms with Crippen molar-refractivity contribution >= 4 is 11.9 Å². The molecule has 0 saturated carbocycles. The maximum absolute atomic E-state index is 13.1. The summed E-state index contributed by atoms with van der Waals surface area (Å²) in [6.07, 6.45) is 4.00. The van der Waals surface area contributed by atoms with E-state index in [9.17, 15) is 9.59 Å². The Hall–Kier alpha value is -1.78. The second-order valence-corrected chi connectivity index (χ2v) is 6.67. The zero-order chi connectivity index (χ0) is 17.1. The highest BCUT2D eigenvalue weighted by Crippen LogP contribution is 2.26. The Balaban J connectivity index is 2.38. The van der Waals surface area contributed by atoms with Crippen LogP contribution in [0.2, 0.25) is 0 Å². The highest BCUT2D eigenvalue weighted by molar-refractivity contribution is 6.00. The molecule has 5 nitrogen and oxygen atoms in total. The average molecular weight is 320 g/mol. The van der Waals surface area contributed by atoms with Gasteiger partial charge in [0.05, 0.1) is 12.7 Å². The number of aromatic nitrogens is 1. The Morgan fingerprint density at radius 1 is 1.30 bits per heavy atom. The fourth-order valence-corrected chi connectivity index (χ4v) is 3.47. The van der Waals surface area contributed by atoms with Crippen LogP contribution in [0.3, 0.4) is 0 Å². The van der Waals surface area contributed by atoms with Gasteiger partial charge in [0.1, 0.15) is 5.69 Å². The van der Waals surface area contributed by atoms with Gasteiger partial charge in [-0.25, -0.2) is 4.79 Å². The molecule has 5 heteroatoms. The number of nitrogens with one attached hydrogen (secondary N) is 1. The van der Waals surface area contributed by atoms with Crippen LogP contribution in [0.4, 0.5) is 0 Å². The van der Waals surface area contributed by atoms with Gasteiger partial charge >= 0.3 is 5.97 Å². The Kier molecular flexibility index (Phi) is 5.50. The molecule has 1 amide bonds. The van der Waals surface area contributed by atoms with E-state index in [1.807, 2.05) is 18.7 Å². The predicted octanol–water partition coefficient (Wildman–Crippen LogP) is 3.32. The number of hydrogen-bond donors (Lipinski definition) is 1. The van der Waals surface area contributed by atoms with Gasteiger partial charge in [0.25, 0.3) is 5.91 Å². The molecule has 2 unspecified atom stereocenters. The van der Waals surface area contributed by atoms with Crippen LogP contribution in [0.25, 0.3) is 0 Å². The van der Waals surface area contributed by atoms with E-state index in [-0.39, 0.29) is 17.9 Å². The first-order chi connectivity index (χ1) is 10.9. The van der Waals surface area contributed by atoms with Crippen LogP contribution in [-0.2, 0) is 11.2 Å². The maximum Gasteiger partial charge on any atom is 0.339 e. The highest BCUT2D eigenvalue weighted by atomic mass is 16.5. The van der Waals surface area contributed by atoms with E-state index < -0.39 is 0 Å². The van der Waals surface area contributed by atoms with E-state index in [1.165, 1.54) is 7.11 Å². The molecular formula is C18H28N2O3. The Morgan fingerprint density at radius 3 is 2.61 bits per heavy atom. The number of carbonyl (C=O) groups excluding carboxylic acids is 2. The molecule has 23 heavy (non-hydrogen) atoms. The van der Waals surface area contributed by atoms with Gasteiger partial charge in [0, 0.05) is 18.3 Å². The summed E-state index contributed by atoms with van der Waals surface area (Å²) in [6, 6.07) is 0.224. The van der Waals surface area contributed by atoms with Crippen LogP contribution in [0.1, 0.15) is 72.1 Å². The van der Waals surface area contributed by atoms with Gasteiger partial charge < -0.3 is 14.6 Å². The summed E-state index contributed by atoms with van der Waals surface area (Å²) in [5.74, 6) is 0.116. The second kappa shape index (κ2) is 7.20. The van der Waals surface area contributed by atoms with E-state index in [1.54, 1.807) is 0 Å². The number of ether oxygens (including phenoxy) is 1. The summed E-state index contributed by atoms with van der Waals surface area (Å²) in [4.78, 5) is 30.2. The first-order valence-corrected chi connectivity index (χ1v) is 8.51. The van der Waals surface area contributed by atoms with Crippen LogP contribution in [0, 0.1) is 12.8 Å². The molecule has 0 radical (unpaired) electrons. The first-order valence-electron chi connectivity index (χ1n) is 8.51. The third kappa shape index (κ3) is 3.43. The monoisotopic (exact) mass is 320 g/mol. The van der Waals surface area contributed by atoms with Crippen molar-refractivity contribution in [3.63, 3.8) is 0 Å². The predicted molar refractivity (Wildman–Crippen MR) is 89.8 cm³/mol. The van der Waals surface area contributed by atoms with Crippen molar-refractivity contribution in [1.82, 2.24) is 9.88 Å². The van der Waals surface area contributed by atoms with Crippen molar-refractivity contribution in [2.45, 2.75) is 59.4 Å². The molecule has 2 atom stereocenters. The van der Waals surface area contributed by atoms with Crippen molar-refractivity contribution < 1.29 is 14.3 Å². The number of H-pyrrole nitrogens is 1. The van der Waals surface area contributed by atoms with Gasteiger partial charge in [0.2, 0.25) is 0 Å². The number of aryl methyl sites for hydroxylation is 1. The molecule has 2 heterocycles. The topological polar surface area (TPSA) is 62.4 Å². The molecule has 1 saturated heterocycles. The maximum atomic E-state index is 13.1.